The Labute approximate surface area is 65.6 Å². The van der Waals surface area contributed by atoms with E-state index in [4.69, 9.17) is 0 Å². The van der Waals surface area contributed by atoms with E-state index in [0.717, 1.165) is 5.03 Å². The predicted octanol–water partition coefficient (Wildman–Crippen LogP) is 2.19. The van der Waals surface area contributed by atoms with E-state index in [9.17, 15) is 0 Å². The summed E-state index contributed by atoms with van der Waals surface area (Å²) in [4.78, 5) is 0. The van der Waals surface area contributed by atoms with E-state index in [1.807, 2.05) is 23.2 Å². The van der Waals surface area contributed by atoms with E-state index in [2.05, 4.69) is 18.9 Å². The van der Waals surface area contributed by atoms with Crippen molar-refractivity contribution in [1.82, 2.24) is 9.78 Å². The Balaban J connectivity index is 2.78. The Morgan fingerprint density at radius 1 is 1.60 bits per heavy atom. The van der Waals surface area contributed by atoms with Crippen molar-refractivity contribution in [3.05, 3.63) is 12.3 Å². The quantitative estimate of drug-likeness (QED) is 0.611. The van der Waals surface area contributed by atoms with Crippen molar-refractivity contribution < 1.29 is 0 Å². The van der Waals surface area contributed by atoms with Crippen LogP contribution in [0, 0.1) is 0 Å². The van der Waals surface area contributed by atoms with Gasteiger partial charge in [-0.05, 0) is 26.2 Å². The first-order chi connectivity index (χ1) is 4.74. The molecule has 0 aliphatic heterocycles. The highest BCUT2D eigenvalue weighted by molar-refractivity contribution is 7.98. The lowest BCUT2D eigenvalue weighted by molar-refractivity contribution is 0.522. The zero-order chi connectivity index (χ0) is 7.56. The second kappa shape index (κ2) is 3.10. The normalized spacial score (nSPS) is 10.8. The molecule has 1 heterocycles. The Hall–Kier alpha value is -0.440. The van der Waals surface area contributed by atoms with Crippen LogP contribution in [0.15, 0.2) is 17.3 Å². The first kappa shape index (κ1) is 7.66. The zero-order valence-electron chi connectivity index (χ0n) is 6.53. The molecule has 0 spiro atoms. The maximum Gasteiger partial charge on any atom is 0.118 e. The second-order valence-corrected chi connectivity index (χ2v) is 3.26. The lowest BCUT2D eigenvalue weighted by Crippen LogP contribution is -2.00. The lowest BCUT2D eigenvalue weighted by Gasteiger charge is -2.02. The monoisotopic (exact) mass is 156 g/mol. The molecule has 0 aliphatic rings. The molecular weight excluding hydrogens is 144 g/mol. The maximum absolute atomic E-state index is 4.31. The lowest BCUT2D eigenvalue weighted by atomic mass is 10.4. The van der Waals surface area contributed by atoms with Gasteiger partial charge in [-0.1, -0.05) is 0 Å². The Morgan fingerprint density at radius 2 is 2.30 bits per heavy atom. The maximum atomic E-state index is 4.31. The number of thioether (sulfide) groups is 1. The minimum Gasteiger partial charge on any atom is -0.269 e. The van der Waals surface area contributed by atoms with Gasteiger partial charge in [0, 0.05) is 12.2 Å². The molecule has 3 heteroatoms. The van der Waals surface area contributed by atoms with Gasteiger partial charge >= 0.3 is 0 Å². The third kappa shape index (κ3) is 1.53. The summed E-state index contributed by atoms with van der Waals surface area (Å²) in [5, 5.41) is 5.40. The van der Waals surface area contributed by atoms with E-state index >= 15 is 0 Å². The van der Waals surface area contributed by atoms with Crippen LogP contribution in [0.5, 0.6) is 0 Å². The molecule has 0 bridgehead atoms. The fourth-order valence-corrected chi connectivity index (χ4v) is 1.09. The largest absolute Gasteiger partial charge is 0.269 e. The molecule has 1 aromatic heterocycles. The second-order valence-electron chi connectivity index (χ2n) is 2.43. The number of hydrogen-bond acceptors (Lipinski definition) is 2. The number of hydrogen-bond donors (Lipinski definition) is 0. The van der Waals surface area contributed by atoms with Crippen LogP contribution in [-0.2, 0) is 0 Å². The SMILES string of the molecule is CSc1ccn(C(C)C)n1. The highest BCUT2D eigenvalue weighted by atomic mass is 32.2. The molecule has 0 fully saturated rings. The summed E-state index contributed by atoms with van der Waals surface area (Å²) >= 11 is 1.68. The van der Waals surface area contributed by atoms with Gasteiger partial charge in [0.1, 0.15) is 5.03 Å². The van der Waals surface area contributed by atoms with E-state index in [0.29, 0.717) is 6.04 Å². The van der Waals surface area contributed by atoms with Crippen molar-refractivity contribution >= 4 is 11.8 Å². The average Bonchev–Trinajstić information content (AvgIpc) is 2.34. The third-order valence-electron chi connectivity index (χ3n) is 1.32. The van der Waals surface area contributed by atoms with Crippen molar-refractivity contribution in [3.63, 3.8) is 0 Å². The Morgan fingerprint density at radius 3 is 2.60 bits per heavy atom. The molecule has 0 radical (unpaired) electrons. The fourth-order valence-electron chi connectivity index (χ4n) is 0.717. The van der Waals surface area contributed by atoms with Crippen molar-refractivity contribution in [3.8, 4) is 0 Å². The van der Waals surface area contributed by atoms with Gasteiger partial charge in [0.2, 0.25) is 0 Å². The molecule has 0 atom stereocenters. The Kier molecular flexibility index (Phi) is 2.38. The molecule has 2 nitrogen and oxygen atoms in total. The van der Waals surface area contributed by atoms with Crippen molar-refractivity contribution in [1.29, 1.82) is 0 Å². The van der Waals surface area contributed by atoms with Crippen LogP contribution < -0.4 is 0 Å². The molecule has 56 valence electrons. The smallest absolute Gasteiger partial charge is 0.118 e. The molecule has 0 N–H and O–H groups in total. The first-order valence-electron chi connectivity index (χ1n) is 3.33. The molecule has 1 rings (SSSR count). The molecule has 0 unspecified atom stereocenters. The van der Waals surface area contributed by atoms with E-state index in [1.165, 1.54) is 0 Å². The third-order valence-corrected chi connectivity index (χ3v) is 1.96. The van der Waals surface area contributed by atoms with Gasteiger partial charge in [0.05, 0.1) is 0 Å². The van der Waals surface area contributed by atoms with Crippen LogP contribution in [0.3, 0.4) is 0 Å². The van der Waals surface area contributed by atoms with Crippen molar-refractivity contribution in [2.45, 2.75) is 24.9 Å². The summed E-state index contributed by atoms with van der Waals surface area (Å²) in [5.41, 5.74) is 0. The van der Waals surface area contributed by atoms with Gasteiger partial charge < -0.3 is 0 Å². The van der Waals surface area contributed by atoms with Gasteiger partial charge in [0.25, 0.3) is 0 Å². The van der Waals surface area contributed by atoms with Gasteiger partial charge in [-0.3, -0.25) is 4.68 Å². The molecule has 0 saturated heterocycles. The van der Waals surface area contributed by atoms with E-state index < -0.39 is 0 Å². The summed E-state index contributed by atoms with van der Waals surface area (Å²) in [5.74, 6) is 0. The topological polar surface area (TPSA) is 17.8 Å². The molecule has 0 amide bonds. The van der Waals surface area contributed by atoms with Crippen molar-refractivity contribution in [2.75, 3.05) is 6.26 Å². The average molecular weight is 156 g/mol. The standard InChI is InChI=1S/C7H12N2S/c1-6(2)9-5-4-7(8-9)10-3/h4-6H,1-3H3. The van der Waals surface area contributed by atoms with E-state index in [-0.39, 0.29) is 0 Å². The van der Waals surface area contributed by atoms with Crippen LogP contribution in [0.4, 0.5) is 0 Å². The number of rotatable bonds is 2. The van der Waals surface area contributed by atoms with Gasteiger partial charge in [-0.2, -0.15) is 5.10 Å². The Bertz CT molecular complexity index is 205. The number of aromatic nitrogens is 2. The molecule has 0 aliphatic carbocycles. The molecular formula is C7H12N2S. The van der Waals surface area contributed by atoms with Crippen LogP contribution in [-0.4, -0.2) is 16.0 Å². The minimum atomic E-state index is 0.473. The first-order valence-corrected chi connectivity index (χ1v) is 4.55. The van der Waals surface area contributed by atoms with Crippen LogP contribution in [0.2, 0.25) is 0 Å². The van der Waals surface area contributed by atoms with E-state index in [1.54, 1.807) is 11.8 Å². The summed E-state index contributed by atoms with van der Waals surface area (Å²) < 4.78 is 1.96. The molecule has 0 aromatic carbocycles. The minimum absolute atomic E-state index is 0.473. The molecule has 10 heavy (non-hydrogen) atoms. The predicted molar refractivity (Wildman–Crippen MR) is 44.4 cm³/mol. The zero-order valence-corrected chi connectivity index (χ0v) is 7.35. The summed E-state index contributed by atoms with van der Waals surface area (Å²) in [6.45, 7) is 4.24. The summed E-state index contributed by atoms with van der Waals surface area (Å²) in [7, 11) is 0. The number of nitrogens with zero attached hydrogens (tertiary/aromatic N) is 2. The van der Waals surface area contributed by atoms with Gasteiger partial charge in [-0.25, -0.2) is 0 Å². The van der Waals surface area contributed by atoms with Crippen LogP contribution in [0.1, 0.15) is 19.9 Å². The summed E-state index contributed by atoms with van der Waals surface area (Å²) in [6.07, 6.45) is 4.05. The molecule has 1 aromatic rings. The highest BCUT2D eigenvalue weighted by Gasteiger charge is 1.98. The van der Waals surface area contributed by atoms with Crippen molar-refractivity contribution in [2.24, 2.45) is 0 Å². The van der Waals surface area contributed by atoms with Gasteiger partial charge in [-0.15, -0.1) is 11.8 Å². The highest BCUT2D eigenvalue weighted by Crippen LogP contribution is 2.12. The van der Waals surface area contributed by atoms with Gasteiger partial charge in [0.15, 0.2) is 0 Å². The fraction of sp³-hybridized carbons (Fsp3) is 0.571. The van der Waals surface area contributed by atoms with Crippen LogP contribution >= 0.6 is 11.8 Å². The summed E-state index contributed by atoms with van der Waals surface area (Å²) in [6, 6.07) is 2.51. The molecule has 0 saturated carbocycles. The van der Waals surface area contributed by atoms with Crippen LogP contribution in [0.25, 0.3) is 0 Å².